The lowest BCUT2D eigenvalue weighted by Gasteiger charge is -2.17. The highest BCUT2D eigenvalue weighted by Crippen LogP contribution is 2.33. The van der Waals surface area contributed by atoms with Crippen molar-refractivity contribution in [3.63, 3.8) is 0 Å². The number of hydrogen-bond donors (Lipinski definition) is 4. The molecule has 2 aromatic rings. The molecule has 2 heterocycles. The van der Waals surface area contributed by atoms with Crippen LogP contribution in [0.4, 0.5) is 10.5 Å². The van der Waals surface area contributed by atoms with E-state index in [4.69, 9.17) is 0 Å². The maximum Gasteiger partial charge on any atom is 0.315 e. The number of carbonyl (C=O) groups is 2. The van der Waals surface area contributed by atoms with E-state index in [2.05, 4.69) is 20.7 Å². The average Bonchev–Trinajstić information content (AvgIpc) is 3.37. The van der Waals surface area contributed by atoms with Crippen LogP contribution in [0.3, 0.4) is 0 Å². The minimum absolute atomic E-state index is 0.0842. The van der Waals surface area contributed by atoms with Crippen LogP contribution in [0.5, 0.6) is 0 Å². The van der Waals surface area contributed by atoms with Crippen molar-refractivity contribution in [3.8, 4) is 0 Å². The molecule has 2 aliphatic heterocycles. The predicted molar refractivity (Wildman–Crippen MR) is 140 cm³/mol. The highest BCUT2D eigenvalue weighted by Gasteiger charge is 2.42. The Morgan fingerprint density at radius 1 is 1.09 bits per heavy atom. The maximum atomic E-state index is 12.9. The van der Waals surface area contributed by atoms with Crippen LogP contribution < -0.4 is 25.6 Å². The van der Waals surface area contributed by atoms with Gasteiger partial charge in [-0.15, -0.1) is 0 Å². The van der Waals surface area contributed by atoms with Gasteiger partial charge < -0.3 is 20.9 Å². The van der Waals surface area contributed by atoms with E-state index in [1.165, 1.54) is 0 Å². The van der Waals surface area contributed by atoms with Crippen molar-refractivity contribution >= 4 is 50.2 Å². The van der Waals surface area contributed by atoms with Crippen LogP contribution in [-0.2, 0) is 14.8 Å². The number of rotatable bonds is 11. The Labute approximate surface area is 210 Å². The molecule has 0 saturated carbocycles. The maximum absolute atomic E-state index is 12.9. The van der Waals surface area contributed by atoms with Crippen LogP contribution in [-0.4, -0.2) is 70.6 Å². The van der Waals surface area contributed by atoms with Gasteiger partial charge in [-0.1, -0.05) is 30.7 Å². The molecule has 35 heavy (non-hydrogen) atoms. The molecule has 2 aromatic carbocycles. The van der Waals surface area contributed by atoms with Gasteiger partial charge in [-0.25, -0.2) is 17.9 Å². The van der Waals surface area contributed by atoms with Crippen LogP contribution in [0.15, 0.2) is 41.3 Å². The molecule has 11 heteroatoms. The summed E-state index contributed by atoms with van der Waals surface area (Å²) in [4.78, 5) is 25.8. The molecule has 0 radical (unpaired) electrons. The molecule has 2 saturated heterocycles. The normalized spacial score (nSPS) is 21.4. The van der Waals surface area contributed by atoms with Crippen molar-refractivity contribution in [1.82, 2.24) is 20.7 Å². The molecule has 0 bridgehead atoms. The number of unbranched alkanes of at least 4 members (excludes halogenated alkanes) is 1. The molecule has 0 unspecified atom stereocenters. The zero-order valence-electron chi connectivity index (χ0n) is 20.0. The lowest BCUT2D eigenvalue weighted by Crippen LogP contribution is -2.36. The number of anilines is 1. The van der Waals surface area contributed by atoms with E-state index in [1.54, 1.807) is 18.2 Å². The molecule has 0 aromatic heterocycles. The third-order valence-electron chi connectivity index (χ3n) is 6.45. The lowest BCUT2D eigenvalue weighted by molar-refractivity contribution is -0.121. The van der Waals surface area contributed by atoms with Gasteiger partial charge in [0, 0.05) is 61.1 Å². The first kappa shape index (κ1) is 25.6. The summed E-state index contributed by atoms with van der Waals surface area (Å²) < 4.78 is 28.5. The Balaban J connectivity index is 1.19. The Kier molecular flexibility index (Phi) is 8.08. The predicted octanol–water partition coefficient (Wildman–Crippen LogP) is 2.03. The lowest BCUT2D eigenvalue weighted by atomic mass is 10.0. The van der Waals surface area contributed by atoms with E-state index in [1.807, 2.05) is 49.0 Å². The Morgan fingerprint density at radius 2 is 1.86 bits per heavy atom. The minimum atomic E-state index is -3.73. The highest BCUT2D eigenvalue weighted by molar-refractivity contribution is 8.00. The first-order valence-corrected chi connectivity index (χ1v) is 14.4. The summed E-state index contributed by atoms with van der Waals surface area (Å²) in [6.45, 7) is 0.345. The third-order valence-corrected chi connectivity index (χ3v) is 9.48. The summed E-state index contributed by atoms with van der Waals surface area (Å²) in [6, 6.07) is 11.2. The van der Waals surface area contributed by atoms with Crippen molar-refractivity contribution in [2.24, 2.45) is 0 Å². The van der Waals surface area contributed by atoms with Gasteiger partial charge in [-0.3, -0.25) is 4.79 Å². The number of nitrogens with one attached hydrogen (secondary N) is 4. The molecule has 9 nitrogen and oxygen atoms in total. The molecule has 2 aliphatic rings. The monoisotopic (exact) mass is 519 g/mol. The molecule has 3 atom stereocenters. The molecule has 2 fully saturated rings. The number of hydrogen-bond acceptors (Lipinski definition) is 6. The van der Waals surface area contributed by atoms with Crippen molar-refractivity contribution < 1.29 is 18.0 Å². The van der Waals surface area contributed by atoms with Crippen LogP contribution in [0, 0.1) is 0 Å². The Morgan fingerprint density at radius 3 is 2.66 bits per heavy atom. The third kappa shape index (κ3) is 6.02. The number of nitrogens with zero attached hydrogens (tertiary/aromatic N) is 1. The van der Waals surface area contributed by atoms with Crippen LogP contribution in [0.25, 0.3) is 10.8 Å². The number of carbonyl (C=O) groups excluding carboxylic acids is 2. The topological polar surface area (TPSA) is 120 Å². The second kappa shape index (κ2) is 11.0. The van der Waals surface area contributed by atoms with E-state index < -0.39 is 10.0 Å². The average molecular weight is 520 g/mol. The van der Waals surface area contributed by atoms with Gasteiger partial charge in [0.15, 0.2) is 0 Å². The number of benzene rings is 2. The summed E-state index contributed by atoms with van der Waals surface area (Å²) in [5.74, 6) is 0.845. The van der Waals surface area contributed by atoms with Crippen molar-refractivity contribution in [3.05, 3.63) is 36.4 Å². The van der Waals surface area contributed by atoms with Gasteiger partial charge in [0.05, 0.1) is 17.0 Å². The largest absolute Gasteiger partial charge is 0.377 e. The fourth-order valence-corrected chi connectivity index (χ4v) is 7.51. The summed E-state index contributed by atoms with van der Waals surface area (Å²) >= 11 is 1.87. The molecule has 4 N–H and O–H groups in total. The SMILES string of the molecule is CN(C)c1cccc2c(S(=O)(=O)NCCNC(=O)CCCC[C@@H]3SC[C@@H]4NC(=O)N[C@@H]43)cccc12. The van der Waals surface area contributed by atoms with E-state index in [-0.39, 0.29) is 42.0 Å². The molecule has 4 rings (SSSR count). The Hall–Kier alpha value is -2.50. The van der Waals surface area contributed by atoms with E-state index in [0.29, 0.717) is 17.1 Å². The first-order chi connectivity index (χ1) is 16.8. The molecular weight excluding hydrogens is 486 g/mol. The zero-order valence-corrected chi connectivity index (χ0v) is 21.7. The number of urea groups is 1. The fraction of sp³-hybridized carbons (Fsp3) is 0.500. The second-order valence-corrected chi connectivity index (χ2v) is 12.1. The van der Waals surface area contributed by atoms with Gasteiger partial charge in [0.25, 0.3) is 0 Å². The quantitative estimate of drug-likeness (QED) is 0.266. The van der Waals surface area contributed by atoms with Crippen molar-refractivity contribution in [2.75, 3.05) is 37.8 Å². The Bertz CT molecular complexity index is 1190. The summed E-state index contributed by atoms with van der Waals surface area (Å²) in [7, 11) is 0.120. The van der Waals surface area contributed by atoms with Gasteiger partial charge in [-0.2, -0.15) is 11.8 Å². The van der Waals surface area contributed by atoms with Crippen LogP contribution in [0.1, 0.15) is 25.7 Å². The number of amides is 3. The summed E-state index contributed by atoms with van der Waals surface area (Å²) in [5.41, 5.74) is 0.947. The second-order valence-electron chi connectivity index (χ2n) is 9.14. The molecule has 0 spiro atoms. The minimum Gasteiger partial charge on any atom is -0.377 e. The highest BCUT2D eigenvalue weighted by atomic mass is 32.2. The molecule has 190 valence electrons. The number of fused-ring (bicyclic) bond motifs is 2. The number of sulfonamides is 1. The zero-order chi connectivity index (χ0) is 25.0. The first-order valence-electron chi connectivity index (χ1n) is 11.9. The van der Waals surface area contributed by atoms with Crippen molar-refractivity contribution in [2.45, 2.75) is 47.9 Å². The van der Waals surface area contributed by atoms with E-state index in [9.17, 15) is 18.0 Å². The van der Waals surface area contributed by atoms with Crippen molar-refractivity contribution in [1.29, 1.82) is 0 Å². The smallest absolute Gasteiger partial charge is 0.315 e. The number of thioether (sulfide) groups is 1. The van der Waals surface area contributed by atoms with E-state index >= 15 is 0 Å². The summed E-state index contributed by atoms with van der Waals surface area (Å²) in [5, 5.41) is 10.6. The van der Waals surface area contributed by atoms with E-state index in [0.717, 1.165) is 36.1 Å². The van der Waals surface area contributed by atoms with Gasteiger partial charge in [0.2, 0.25) is 15.9 Å². The van der Waals surface area contributed by atoms with Gasteiger partial charge in [0.1, 0.15) is 0 Å². The summed E-state index contributed by atoms with van der Waals surface area (Å²) in [6.07, 6.45) is 3.03. The fourth-order valence-electron chi connectivity index (χ4n) is 4.72. The standard InChI is InChI=1S/C24H33N5O4S2/c1-29(2)19-9-5-8-17-16(19)7-6-11-21(17)35(32,33)26-14-13-25-22(30)12-4-3-10-20-23-18(15-34-20)27-24(31)28-23/h5-9,11,18,20,23,26H,3-4,10,12-15H2,1-2H3,(H,25,30)(H2,27,28,31)/t18-,20-,23-/m0/s1. The van der Waals surface area contributed by atoms with Gasteiger partial charge in [-0.05, 0) is 25.0 Å². The van der Waals surface area contributed by atoms with Crippen LogP contribution >= 0.6 is 11.8 Å². The van der Waals surface area contributed by atoms with Crippen LogP contribution in [0.2, 0.25) is 0 Å². The van der Waals surface area contributed by atoms with Gasteiger partial charge >= 0.3 is 6.03 Å². The molecule has 0 aliphatic carbocycles. The molecule has 3 amide bonds. The molecular formula is C24H33N5O4S2.